The molecule has 0 aliphatic carbocycles. The van der Waals surface area contributed by atoms with Crippen molar-refractivity contribution in [3.8, 4) is 5.75 Å². The molecule has 35 heavy (non-hydrogen) atoms. The summed E-state index contributed by atoms with van der Waals surface area (Å²) in [7, 11) is 0. The number of hydrogen-bond acceptors (Lipinski definition) is 4. The zero-order chi connectivity index (χ0) is 25.6. The van der Waals surface area contributed by atoms with Crippen molar-refractivity contribution >= 4 is 11.9 Å². The number of nitrogens with zero attached hydrogens (tertiary/aromatic N) is 1. The van der Waals surface area contributed by atoms with Crippen LogP contribution in [0.3, 0.4) is 0 Å². The van der Waals surface area contributed by atoms with Crippen molar-refractivity contribution < 1.29 is 33.0 Å². The normalized spacial score (nSPS) is 11.8. The fourth-order valence-electron chi connectivity index (χ4n) is 3.64. The van der Waals surface area contributed by atoms with Gasteiger partial charge in [-0.3, -0.25) is 4.79 Å². The van der Waals surface area contributed by atoms with E-state index in [4.69, 9.17) is 9.47 Å². The van der Waals surface area contributed by atoms with Crippen molar-refractivity contribution in [2.24, 2.45) is 0 Å². The molecule has 1 amide bonds. The first-order valence-electron chi connectivity index (χ1n) is 12.1. The number of carboxylic acids is 1. The average Bonchev–Trinajstić information content (AvgIpc) is 2.83. The smallest absolute Gasteiger partial charge is 0.333 e. The van der Waals surface area contributed by atoms with Gasteiger partial charge in [-0.25, -0.2) is 13.6 Å². The number of carbonyl (C=O) groups is 2. The fourth-order valence-corrected chi connectivity index (χ4v) is 3.64. The van der Waals surface area contributed by atoms with Gasteiger partial charge in [0.2, 0.25) is 0 Å². The van der Waals surface area contributed by atoms with Crippen LogP contribution in [0, 0.1) is 11.6 Å². The van der Waals surface area contributed by atoms with E-state index in [1.54, 1.807) is 31.2 Å². The van der Waals surface area contributed by atoms with Gasteiger partial charge < -0.3 is 19.5 Å². The van der Waals surface area contributed by atoms with Crippen LogP contribution in [-0.4, -0.2) is 47.7 Å². The maximum absolute atomic E-state index is 14.2. The predicted molar refractivity (Wildman–Crippen MR) is 129 cm³/mol. The van der Waals surface area contributed by atoms with Crippen LogP contribution in [0.5, 0.6) is 5.75 Å². The lowest BCUT2D eigenvalue weighted by Crippen LogP contribution is -2.35. The summed E-state index contributed by atoms with van der Waals surface area (Å²) in [5.74, 6) is -2.20. The molecular formula is C27H35F2NO5. The molecule has 8 heteroatoms. The summed E-state index contributed by atoms with van der Waals surface area (Å²) in [4.78, 5) is 25.7. The first-order valence-corrected chi connectivity index (χ1v) is 12.1. The second-order valence-electron chi connectivity index (χ2n) is 8.38. The molecule has 0 aliphatic rings. The average molecular weight is 492 g/mol. The number of aliphatic carboxylic acids is 1. The third-order valence-corrected chi connectivity index (χ3v) is 5.61. The number of benzene rings is 2. The van der Waals surface area contributed by atoms with E-state index in [0.717, 1.165) is 43.7 Å². The van der Waals surface area contributed by atoms with Crippen LogP contribution in [0.25, 0.3) is 0 Å². The highest BCUT2D eigenvalue weighted by molar-refractivity contribution is 5.77. The van der Waals surface area contributed by atoms with Gasteiger partial charge in [-0.1, -0.05) is 50.8 Å². The molecule has 0 saturated carbocycles. The van der Waals surface area contributed by atoms with E-state index in [-0.39, 0.29) is 31.0 Å². The molecule has 2 aromatic carbocycles. The van der Waals surface area contributed by atoms with E-state index in [1.807, 2.05) is 0 Å². The lowest BCUT2D eigenvalue weighted by molar-refractivity contribution is -0.150. The molecular weight excluding hydrogens is 456 g/mol. The van der Waals surface area contributed by atoms with Crippen LogP contribution in [-0.2, 0) is 27.3 Å². The molecule has 2 rings (SSSR count). The molecule has 0 bridgehead atoms. The number of ether oxygens (including phenoxy) is 2. The van der Waals surface area contributed by atoms with E-state index >= 15 is 0 Å². The summed E-state index contributed by atoms with van der Waals surface area (Å²) >= 11 is 0. The van der Waals surface area contributed by atoms with Gasteiger partial charge in [-0.05, 0) is 37.1 Å². The van der Waals surface area contributed by atoms with Crippen LogP contribution in [0.15, 0.2) is 42.5 Å². The summed E-state index contributed by atoms with van der Waals surface area (Å²) in [6.07, 6.45) is 4.34. The molecule has 0 radical (unpaired) electrons. The predicted octanol–water partition coefficient (Wildman–Crippen LogP) is 5.38. The topological polar surface area (TPSA) is 76.1 Å². The number of halogens is 2. The van der Waals surface area contributed by atoms with Gasteiger partial charge in [0.1, 0.15) is 17.4 Å². The van der Waals surface area contributed by atoms with E-state index < -0.39 is 23.7 Å². The minimum absolute atomic E-state index is 0.0367. The number of carboxylic acid groups (broad SMARTS) is 1. The van der Waals surface area contributed by atoms with Crippen LogP contribution >= 0.6 is 0 Å². The number of amides is 1. The molecule has 0 aromatic heterocycles. The molecule has 0 spiro atoms. The van der Waals surface area contributed by atoms with Gasteiger partial charge in [0.05, 0.1) is 0 Å². The third kappa shape index (κ3) is 10.0. The Kier molecular flexibility index (Phi) is 12.2. The monoisotopic (exact) mass is 491 g/mol. The maximum Gasteiger partial charge on any atom is 0.333 e. The summed E-state index contributed by atoms with van der Waals surface area (Å²) in [6.45, 7) is 4.43. The summed E-state index contributed by atoms with van der Waals surface area (Å²) in [5, 5.41) is 9.22. The zero-order valence-electron chi connectivity index (χ0n) is 20.5. The van der Waals surface area contributed by atoms with Gasteiger partial charge in [0.25, 0.3) is 5.91 Å². The highest BCUT2D eigenvalue weighted by Crippen LogP contribution is 2.17. The Morgan fingerprint density at radius 3 is 2.34 bits per heavy atom. The molecule has 1 N–H and O–H groups in total. The Bertz CT molecular complexity index is 936. The summed E-state index contributed by atoms with van der Waals surface area (Å²) in [6, 6.07) is 10.2. The van der Waals surface area contributed by atoms with E-state index in [0.29, 0.717) is 18.9 Å². The zero-order valence-corrected chi connectivity index (χ0v) is 20.5. The number of unbranched alkanes of at least 4 members (excludes halogenated alkanes) is 4. The van der Waals surface area contributed by atoms with Crippen LogP contribution in [0.2, 0.25) is 0 Å². The highest BCUT2D eigenvalue weighted by Gasteiger charge is 2.19. The van der Waals surface area contributed by atoms with Gasteiger partial charge in [0.15, 0.2) is 12.7 Å². The lowest BCUT2D eigenvalue weighted by atomic mass is 10.1. The Morgan fingerprint density at radius 1 is 1.00 bits per heavy atom. The van der Waals surface area contributed by atoms with Gasteiger partial charge >= 0.3 is 5.97 Å². The number of hydrogen-bond donors (Lipinski definition) is 1. The quantitative estimate of drug-likeness (QED) is 0.319. The molecule has 6 nitrogen and oxygen atoms in total. The minimum atomic E-state index is -1.02. The van der Waals surface area contributed by atoms with Crippen molar-refractivity contribution in [1.82, 2.24) is 4.90 Å². The molecule has 0 saturated heterocycles. The van der Waals surface area contributed by atoms with Crippen molar-refractivity contribution in [3.05, 3.63) is 65.2 Å². The van der Waals surface area contributed by atoms with Crippen LogP contribution in [0.1, 0.15) is 57.1 Å². The molecule has 0 aliphatic heterocycles. The van der Waals surface area contributed by atoms with Gasteiger partial charge in [-0.15, -0.1) is 0 Å². The summed E-state index contributed by atoms with van der Waals surface area (Å²) in [5.41, 5.74) is 1.02. The lowest BCUT2D eigenvalue weighted by Gasteiger charge is -2.23. The standard InChI is InChI=1S/C27H35F2NO5/c1-3-5-6-7-8-15-30(18-21-11-12-22(28)17-24(21)29)26(31)19-35-23-13-9-20(10-14-23)16-25(27(32)33)34-4-2/h9-14,17,25H,3-8,15-16,18-19H2,1-2H3,(H,32,33)/t25-/m0/s1. The van der Waals surface area contributed by atoms with Crippen LogP contribution < -0.4 is 4.74 Å². The largest absolute Gasteiger partial charge is 0.484 e. The van der Waals surface area contributed by atoms with Crippen molar-refractivity contribution in [2.75, 3.05) is 19.8 Å². The summed E-state index contributed by atoms with van der Waals surface area (Å²) < 4.78 is 38.3. The number of carbonyl (C=O) groups excluding carboxylic acids is 1. The van der Waals surface area contributed by atoms with Crippen molar-refractivity contribution in [3.63, 3.8) is 0 Å². The first kappa shape index (κ1) is 28.2. The molecule has 2 aromatic rings. The third-order valence-electron chi connectivity index (χ3n) is 5.61. The molecule has 0 fully saturated rings. The Balaban J connectivity index is 1.97. The van der Waals surface area contributed by atoms with Crippen molar-refractivity contribution in [1.29, 1.82) is 0 Å². The van der Waals surface area contributed by atoms with Gasteiger partial charge in [0, 0.05) is 37.7 Å². The second kappa shape index (κ2) is 15.1. The molecule has 0 unspecified atom stereocenters. The van der Waals surface area contributed by atoms with Crippen LogP contribution in [0.4, 0.5) is 8.78 Å². The maximum atomic E-state index is 14.2. The Morgan fingerprint density at radius 2 is 1.71 bits per heavy atom. The molecule has 1 atom stereocenters. The van der Waals surface area contributed by atoms with E-state index in [2.05, 4.69) is 6.92 Å². The fraction of sp³-hybridized carbons (Fsp3) is 0.481. The Hall–Kier alpha value is -3.00. The second-order valence-corrected chi connectivity index (χ2v) is 8.38. The van der Waals surface area contributed by atoms with Gasteiger partial charge in [-0.2, -0.15) is 0 Å². The Labute approximate surface area is 205 Å². The number of rotatable bonds is 16. The first-order chi connectivity index (χ1) is 16.8. The van der Waals surface area contributed by atoms with E-state index in [9.17, 15) is 23.5 Å². The molecule has 0 heterocycles. The minimum Gasteiger partial charge on any atom is -0.484 e. The van der Waals surface area contributed by atoms with Crippen molar-refractivity contribution in [2.45, 2.75) is 65.0 Å². The molecule has 192 valence electrons. The highest BCUT2D eigenvalue weighted by atomic mass is 19.1. The SMILES string of the molecule is CCCCCCCN(Cc1ccc(F)cc1F)C(=O)COc1ccc(C[C@H](OCC)C(=O)O)cc1. The van der Waals surface area contributed by atoms with E-state index in [1.165, 1.54) is 17.0 Å².